The Morgan fingerprint density at radius 2 is 1.94 bits per heavy atom. The summed E-state index contributed by atoms with van der Waals surface area (Å²) in [6.45, 7) is 2.06. The van der Waals surface area contributed by atoms with Crippen molar-refractivity contribution in [3.8, 4) is 0 Å². The molecule has 2 amide bonds. The SMILES string of the molecule is Cc1ccc(C2=CN=C(C(=O)NCC(=O)N3CC4(C[C@H]3C(=O)O)OCCO4)C(F)C2)cc1. The highest BCUT2D eigenvalue weighted by Crippen LogP contribution is 2.34. The second-order valence-electron chi connectivity index (χ2n) is 8.08. The van der Waals surface area contributed by atoms with Crippen LogP contribution >= 0.6 is 0 Å². The Balaban J connectivity index is 1.39. The highest BCUT2D eigenvalue weighted by atomic mass is 19.1. The van der Waals surface area contributed by atoms with E-state index >= 15 is 0 Å². The van der Waals surface area contributed by atoms with E-state index in [9.17, 15) is 23.9 Å². The van der Waals surface area contributed by atoms with Gasteiger partial charge < -0.3 is 24.8 Å². The van der Waals surface area contributed by atoms with E-state index in [0.717, 1.165) is 16.0 Å². The predicted molar refractivity (Wildman–Crippen MR) is 112 cm³/mol. The van der Waals surface area contributed by atoms with Gasteiger partial charge in [-0.2, -0.15) is 0 Å². The lowest BCUT2D eigenvalue weighted by atomic mass is 9.96. The molecule has 0 aromatic heterocycles. The van der Waals surface area contributed by atoms with Gasteiger partial charge in [-0.1, -0.05) is 29.8 Å². The maximum Gasteiger partial charge on any atom is 0.326 e. The Morgan fingerprint density at radius 3 is 2.56 bits per heavy atom. The zero-order valence-corrected chi connectivity index (χ0v) is 17.5. The fourth-order valence-corrected chi connectivity index (χ4v) is 4.11. The molecule has 3 aliphatic heterocycles. The molecule has 2 atom stereocenters. The maximum absolute atomic E-state index is 14.7. The summed E-state index contributed by atoms with van der Waals surface area (Å²) < 4.78 is 25.7. The third-order valence-corrected chi connectivity index (χ3v) is 5.82. The molecule has 1 aromatic carbocycles. The molecule has 1 spiro atoms. The summed E-state index contributed by atoms with van der Waals surface area (Å²) in [7, 11) is 0. The molecule has 3 aliphatic rings. The summed E-state index contributed by atoms with van der Waals surface area (Å²) in [5, 5.41) is 11.8. The fourth-order valence-electron chi connectivity index (χ4n) is 4.11. The van der Waals surface area contributed by atoms with Crippen LogP contribution in [0, 0.1) is 6.92 Å². The second-order valence-corrected chi connectivity index (χ2v) is 8.08. The van der Waals surface area contributed by atoms with Crippen molar-refractivity contribution >= 4 is 29.1 Å². The van der Waals surface area contributed by atoms with Gasteiger partial charge in [0.15, 0.2) is 12.0 Å². The Hall–Kier alpha value is -3.11. The van der Waals surface area contributed by atoms with Crippen LogP contribution < -0.4 is 5.32 Å². The van der Waals surface area contributed by atoms with Crippen LogP contribution in [0.25, 0.3) is 5.57 Å². The number of nitrogens with zero attached hydrogens (tertiary/aromatic N) is 2. The van der Waals surface area contributed by atoms with Crippen LogP contribution in [0.1, 0.15) is 24.0 Å². The molecule has 2 saturated heterocycles. The number of aliphatic imine (C=N–C) groups is 1. The number of aliphatic carboxylic acids is 1. The number of carboxylic acids is 1. The van der Waals surface area contributed by atoms with Gasteiger partial charge in [0.1, 0.15) is 11.8 Å². The van der Waals surface area contributed by atoms with Crippen LogP contribution in [0.5, 0.6) is 0 Å². The van der Waals surface area contributed by atoms with Crippen molar-refractivity contribution in [1.29, 1.82) is 0 Å². The molecule has 32 heavy (non-hydrogen) atoms. The summed E-state index contributed by atoms with van der Waals surface area (Å²) in [4.78, 5) is 41.7. The highest BCUT2D eigenvalue weighted by Gasteiger charge is 2.52. The van der Waals surface area contributed by atoms with Gasteiger partial charge in [-0.05, 0) is 18.1 Å². The van der Waals surface area contributed by atoms with Crippen molar-refractivity contribution < 1.29 is 33.4 Å². The molecule has 0 saturated carbocycles. The molecule has 9 nitrogen and oxygen atoms in total. The molecule has 0 aliphatic carbocycles. The molecule has 1 unspecified atom stereocenters. The number of amides is 2. The first-order chi connectivity index (χ1) is 15.3. The molecule has 4 rings (SSSR count). The number of likely N-dealkylation sites (tertiary alicyclic amines) is 1. The van der Waals surface area contributed by atoms with Gasteiger partial charge in [-0.25, -0.2) is 9.18 Å². The first-order valence-electron chi connectivity index (χ1n) is 10.3. The number of nitrogens with one attached hydrogen (secondary N) is 1. The van der Waals surface area contributed by atoms with E-state index in [1.165, 1.54) is 6.20 Å². The lowest BCUT2D eigenvalue weighted by Gasteiger charge is -2.23. The Bertz CT molecular complexity index is 984. The average molecular weight is 445 g/mol. The molecule has 0 radical (unpaired) electrons. The van der Waals surface area contributed by atoms with Crippen molar-refractivity contribution in [2.45, 2.75) is 37.8 Å². The number of carbonyl (C=O) groups is 3. The Kier molecular flexibility index (Phi) is 6.07. The normalized spacial score (nSPS) is 24.2. The van der Waals surface area contributed by atoms with Crippen molar-refractivity contribution in [2.75, 3.05) is 26.3 Å². The lowest BCUT2D eigenvalue weighted by molar-refractivity contribution is -0.152. The maximum atomic E-state index is 14.7. The topological polar surface area (TPSA) is 118 Å². The number of aryl methyl sites for hydroxylation is 1. The zero-order chi connectivity index (χ0) is 22.9. The number of alkyl halides is 1. The molecule has 2 N–H and O–H groups in total. The molecule has 1 aromatic rings. The van der Waals surface area contributed by atoms with Crippen molar-refractivity contribution in [1.82, 2.24) is 10.2 Å². The van der Waals surface area contributed by atoms with Gasteiger partial charge in [0.25, 0.3) is 5.91 Å². The summed E-state index contributed by atoms with van der Waals surface area (Å²) in [6.07, 6.45) is -0.160. The number of carboxylic acid groups (broad SMARTS) is 1. The molecule has 2 fully saturated rings. The number of hydrogen-bond donors (Lipinski definition) is 2. The number of hydrogen-bond acceptors (Lipinski definition) is 6. The van der Waals surface area contributed by atoms with Crippen LogP contribution in [-0.4, -0.2) is 77.8 Å². The third-order valence-electron chi connectivity index (χ3n) is 5.82. The molecule has 10 heteroatoms. The van der Waals surface area contributed by atoms with Gasteiger partial charge in [0.2, 0.25) is 5.91 Å². The van der Waals surface area contributed by atoms with Gasteiger partial charge >= 0.3 is 5.97 Å². The number of rotatable bonds is 5. The van der Waals surface area contributed by atoms with E-state index in [2.05, 4.69) is 10.3 Å². The number of ether oxygens (including phenoxy) is 2. The third kappa shape index (κ3) is 4.42. The standard InChI is InChI=1S/C22H24FN3O6/c1-13-2-4-14(5-3-13)15-8-16(23)19(24-10-15)20(28)25-11-18(27)26-12-22(31-6-7-32-22)9-17(26)21(29)30/h2-5,10,16-17H,6-9,11-12H2,1H3,(H,25,28)(H,29,30)/t16?,17-/m0/s1. The summed E-state index contributed by atoms with van der Waals surface area (Å²) in [5.41, 5.74) is 2.27. The molecule has 0 bridgehead atoms. The minimum atomic E-state index is -1.62. The first-order valence-corrected chi connectivity index (χ1v) is 10.3. The second kappa shape index (κ2) is 8.79. The number of benzene rings is 1. The van der Waals surface area contributed by atoms with E-state index in [-0.39, 0.29) is 25.1 Å². The van der Waals surface area contributed by atoms with Crippen LogP contribution in [0.15, 0.2) is 35.5 Å². The monoisotopic (exact) mass is 445 g/mol. The molecular weight excluding hydrogens is 421 g/mol. The van der Waals surface area contributed by atoms with Crippen LogP contribution in [-0.2, 0) is 23.9 Å². The summed E-state index contributed by atoms with van der Waals surface area (Å²) >= 11 is 0. The highest BCUT2D eigenvalue weighted by molar-refractivity contribution is 6.41. The van der Waals surface area contributed by atoms with Crippen LogP contribution in [0.2, 0.25) is 0 Å². The van der Waals surface area contributed by atoms with E-state index in [1.54, 1.807) is 0 Å². The van der Waals surface area contributed by atoms with Gasteiger partial charge in [0, 0.05) is 19.0 Å². The zero-order valence-electron chi connectivity index (χ0n) is 17.5. The largest absolute Gasteiger partial charge is 0.480 e. The minimum absolute atomic E-state index is 0.00628. The van der Waals surface area contributed by atoms with Gasteiger partial charge in [0.05, 0.1) is 26.3 Å². The van der Waals surface area contributed by atoms with E-state index in [0.29, 0.717) is 18.8 Å². The van der Waals surface area contributed by atoms with Gasteiger partial charge in [-0.3, -0.25) is 14.6 Å². The first kappa shape index (κ1) is 22.1. The molecular formula is C22H24FN3O6. The van der Waals surface area contributed by atoms with E-state index < -0.39 is 42.3 Å². The van der Waals surface area contributed by atoms with E-state index in [1.807, 2.05) is 31.2 Å². The Labute approximate surface area is 183 Å². The van der Waals surface area contributed by atoms with Crippen molar-refractivity contribution in [3.63, 3.8) is 0 Å². The fraction of sp³-hybridized carbons (Fsp3) is 0.455. The van der Waals surface area contributed by atoms with Crippen molar-refractivity contribution in [2.24, 2.45) is 4.99 Å². The quantitative estimate of drug-likeness (QED) is 0.700. The Morgan fingerprint density at radius 1 is 1.25 bits per heavy atom. The number of carbonyl (C=O) groups excluding carboxylic acids is 2. The van der Waals surface area contributed by atoms with Crippen LogP contribution in [0.3, 0.4) is 0 Å². The molecule has 170 valence electrons. The van der Waals surface area contributed by atoms with Gasteiger partial charge in [-0.15, -0.1) is 0 Å². The van der Waals surface area contributed by atoms with Crippen molar-refractivity contribution in [3.05, 3.63) is 41.6 Å². The smallest absolute Gasteiger partial charge is 0.326 e. The van der Waals surface area contributed by atoms with E-state index in [4.69, 9.17) is 9.47 Å². The average Bonchev–Trinajstić information content (AvgIpc) is 3.39. The predicted octanol–water partition coefficient (Wildman–Crippen LogP) is 1.06. The summed E-state index contributed by atoms with van der Waals surface area (Å²) in [5.74, 6) is -3.74. The minimum Gasteiger partial charge on any atom is -0.480 e. The van der Waals surface area contributed by atoms with Crippen LogP contribution in [0.4, 0.5) is 4.39 Å². The number of halogens is 1. The lowest BCUT2D eigenvalue weighted by Crippen LogP contribution is -2.48. The molecule has 3 heterocycles. The summed E-state index contributed by atoms with van der Waals surface area (Å²) in [6, 6.07) is 6.43. The number of allylic oxidation sites excluding steroid dienone is 1.